The minimum atomic E-state index is -0.398. The highest BCUT2D eigenvalue weighted by molar-refractivity contribution is 5.83. The van der Waals surface area contributed by atoms with Gasteiger partial charge in [-0.2, -0.15) is 0 Å². The fourth-order valence-electron chi connectivity index (χ4n) is 1.88. The number of hydrogen-bond acceptors (Lipinski definition) is 4. The lowest BCUT2D eigenvalue weighted by Crippen LogP contribution is -2.00. The van der Waals surface area contributed by atoms with Gasteiger partial charge in [-0.3, -0.25) is 0 Å². The molecule has 0 aliphatic rings. The molecule has 1 N–H and O–H groups in total. The van der Waals surface area contributed by atoms with Gasteiger partial charge in [0, 0.05) is 17.5 Å². The van der Waals surface area contributed by atoms with Crippen LogP contribution in [-0.2, 0) is 6.42 Å². The van der Waals surface area contributed by atoms with E-state index in [0.29, 0.717) is 11.3 Å². The molecule has 0 aliphatic carbocycles. The highest BCUT2D eigenvalue weighted by atomic mass is 16.5. The summed E-state index contributed by atoms with van der Waals surface area (Å²) in [6.45, 7) is 2.04. The molecule has 2 aromatic rings. The summed E-state index contributed by atoms with van der Waals surface area (Å²) in [7, 11) is 1.49. The summed E-state index contributed by atoms with van der Waals surface area (Å²) in [4.78, 5) is 11.4. The Morgan fingerprint density at radius 2 is 2.12 bits per heavy atom. The van der Waals surface area contributed by atoms with Crippen molar-refractivity contribution in [3.05, 3.63) is 34.2 Å². The molecule has 2 rings (SSSR count). The number of fused-ring (bicyclic) bond motifs is 1. The van der Waals surface area contributed by atoms with E-state index in [1.807, 2.05) is 6.92 Å². The first-order chi connectivity index (χ1) is 8.15. The summed E-state index contributed by atoms with van der Waals surface area (Å²) in [6.07, 6.45) is 1.72. The second-order valence-electron chi connectivity index (χ2n) is 3.86. The van der Waals surface area contributed by atoms with Crippen LogP contribution in [0, 0.1) is 0 Å². The van der Waals surface area contributed by atoms with E-state index < -0.39 is 5.63 Å². The van der Waals surface area contributed by atoms with E-state index in [2.05, 4.69) is 0 Å². The first-order valence-corrected chi connectivity index (χ1v) is 5.49. The third-order valence-electron chi connectivity index (χ3n) is 2.65. The third-order valence-corrected chi connectivity index (χ3v) is 2.65. The van der Waals surface area contributed by atoms with Crippen LogP contribution >= 0.6 is 0 Å². The zero-order valence-corrected chi connectivity index (χ0v) is 9.82. The molecule has 0 atom stereocenters. The van der Waals surface area contributed by atoms with Gasteiger partial charge < -0.3 is 14.3 Å². The summed E-state index contributed by atoms with van der Waals surface area (Å²) in [5, 5.41) is 10.4. The molecule has 0 bridgehead atoms. The van der Waals surface area contributed by atoms with Crippen molar-refractivity contribution in [2.75, 3.05) is 7.11 Å². The van der Waals surface area contributed by atoms with E-state index in [-0.39, 0.29) is 5.75 Å². The number of benzene rings is 1. The normalized spacial score (nSPS) is 10.7. The number of aromatic hydroxyl groups is 1. The molecule has 90 valence electrons. The maximum Gasteiger partial charge on any atom is 0.336 e. The summed E-state index contributed by atoms with van der Waals surface area (Å²) in [6, 6.07) is 4.59. The topological polar surface area (TPSA) is 59.7 Å². The van der Waals surface area contributed by atoms with Gasteiger partial charge in [0.15, 0.2) is 11.5 Å². The number of rotatable bonds is 3. The van der Waals surface area contributed by atoms with Gasteiger partial charge in [-0.15, -0.1) is 0 Å². The molecule has 0 saturated heterocycles. The average Bonchev–Trinajstić information content (AvgIpc) is 2.28. The number of ether oxygens (including phenoxy) is 1. The van der Waals surface area contributed by atoms with Gasteiger partial charge in [0.25, 0.3) is 0 Å². The summed E-state index contributed by atoms with van der Waals surface area (Å²) in [5.74, 6) is 0.348. The quantitative estimate of drug-likeness (QED) is 0.829. The van der Waals surface area contributed by atoms with Gasteiger partial charge in [-0.05, 0) is 18.1 Å². The van der Waals surface area contributed by atoms with E-state index in [1.54, 1.807) is 6.07 Å². The van der Waals surface area contributed by atoms with E-state index in [0.717, 1.165) is 23.8 Å². The van der Waals surface area contributed by atoms with Crippen LogP contribution in [0.2, 0.25) is 0 Å². The predicted octanol–water partition coefficient (Wildman–Crippen LogP) is 2.46. The lowest BCUT2D eigenvalue weighted by Gasteiger charge is -2.07. The van der Waals surface area contributed by atoms with E-state index >= 15 is 0 Å². The van der Waals surface area contributed by atoms with Crippen molar-refractivity contribution in [3.63, 3.8) is 0 Å². The Hall–Kier alpha value is -1.97. The largest absolute Gasteiger partial charge is 0.504 e. The van der Waals surface area contributed by atoms with Crippen molar-refractivity contribution in [2.24, 2.45) is 0 Å². The maximum absolute atomic E-state index is 11.4. The number of phenolic OH excluding ortho intramolecular Hbond substituents is 1. The Bertz CT molecular complexity index is 598. The summed E-state index contributed by atoms with van der Waals surface area (Å²) >= 11 is 0. The van der Waals surface area contributed by atoms with Crippen molar-refractivity contribution in [1.29, 1.82) is 0 Å². The Morgan fingerprint density at radius 3 is 2.76 bits per heavy atom. The number of phenols is 1. The minimum absolute atomic E-state index is 0.0307. The minimum Gasteiger partial charge on any atom is -0.504 e. The Kier molecular flexibility index (Phi) is 3.04. The Morgan fingerprint density at radius 1 is 1.35 bits per heavy atom. The standard InChI is InChI=1S/C13H14O4/c1-3-4-8-5-13(15)17-11-7-10(14)12(16-2)6-9(8)11/h5-7,14H,3-4H2,1-2H3. The van der Waals surface area contributed by atoms with Gasteiger partial charge >= 0.3 is 5.63 Å². The number of methoxy groups -OCH3 is 1. The number of aryl methyl sites for hydroxylation is 1. The lowest BCUT2D eigenvalue weighted by atomic mass is 10.1. The van der Waals surface area contributed by atoms with Crippen LogP contribution in [0.1, 0.15) is 18.9 Å². The zero-order chi connectivity index (χ0) is 12.4. The second-order valence-corrected chi connectivity index (χ2v) is 3.86. The van der Waals surface area contributed by atoms with Crippen molar-refractivity contribution in [1.82, 2.24) is 0 Å². The first-order valence-electron chi connectivity index (χ1n) is 5.49. The van der Waals surface area contributed by atoms with E-state index in [4.69, 9.17) is 9.15 Å². The highest BCUT2D eigenvalue weighted by Crippen LogP contribution is 2.32. The molecule has 17 heavy (non-hydrogen) atoms. The fraction of sp³-hybridized carbons (Fsp3) is 0.308. The molecular weight excluding hydrogens is 220 g/mol. The predicted molar refractivity (Wildman–Crippen MR) is 64.7 cm³/mol. The molecule has 1 aromatic heterocycles. The first kappa shape index (κ1) is 11.5. The smallest absolute Gasteiger partial charge is 0.336 e. The van der Waals surface area contributed by atoms with Crippen LogP contribution in [0.3, 0.4) is 0 Å². The van der Waals surface area contributed by atoms with Crippen LogP contribution in [-0.4, -0.2) is 12.2 Å². The molecule has 0 aliphatic heterocycles. The number of hydrogen-bond donors (Lipinski definition) is 1. The summed E-state index contributed by atoms with van der Waals surface area (Å²) in [5.41, 5.74) is 0.904. The molecule has 4 heteroatoms. The van der Waals surface area contributed by atoms with Gasteiger partial charge in [0.05, 0.1) is 7.11 Å². The molecule has 4 nitrogen and oxygen atoms in total. The molecule has 1 aromatic carbocycles. The summed E-state index contributed by atoms with van der Waals surface area (Å²) < 4.78 is 10.1. The molecule has 0 fully saturated rings. The van der Waals surface area contributed by atoms with E-state index in [1.165, 1.54) is 19.2 Å². The lowest BCUT2D eigenvalue weighted by molar-refractivity contribution is 0.373. The van der Waals surface area contributed by atoms with Gasteiger partial charge in [-0.1, -0.05) is 13.3 Å². The molecule has 0 radical (unpaired) electrons. The van der Waals surface area contributed by atoms with Gasteiger partial charge in [-0.25, -0.2) is 4.79 Å². The highest BCUT2D eigenvalue weighted by Gasteiger charge is 2.10. The maximum atomic E-state index is 11.4. The van der Waals surface area contributed by atoms with Gasteiger partial charge in [0.1, 0.15) is 5.58 Å². The Balaban J connectivity index is 2.76. The third kappa shape index (κ3) is 2.11. The van der Waals surface area contributed by atoms with Crippen molar-refractivity contribution in [2.45, 2.75) is 19.8 Å². The van der Waals surface area contributed by atoms with Crippen LogP contribution in [0.25, 0.3) is 11.0 Å². The Labute approximate surface area is 98.4 Å². The van der Waals surface area contributed by atoms with Gasteiger partial charge in [0.2, 0.25) is 0 Å². The second kappa shape index (κ2) is 4.49. The molecule has 0 spiro atoms. The molecule has 0 saturated carbocycles. The molecule has 1 heterocycles. The van der Waals surface area contributed by atoms with Crippen LogP contribution in [0.15, 0.2) is 27.4 Å². The zero-order valence-electron chi connectivity index (χ0n) is 9.82. The fourth-order valence-corrected chi connectivity index (χ4v) is 1.88. The van der Waals surface area contributed by atoms with Crippen LogP contribution in [0.4, 0.5) is 0 Å². The van der Waals surface area contributed by atoms with Crippen LogP contribution < -0.4 is 10.4 Å². The average molecular weight is 234 g/mol. The molecular formula is C13H14O4. The van der Waals surface area contributed by atoms with Crippen LogP contribution in [0.5, 0.6) is 11.5 Å². The van der Waals surface area contributed by atoms with Crippen molar-refractivity contribution < 1.29 is 14.3 Å². The molecule has 0 unspecified atom stereocenters. The monoisotopic (exact) mass is 234 g/mol. The molecule has 0 amide bonds. The van der Waals surface area contributed by atoms with Crippen molar-refractivity contribution in [3.8, 4) is 11.5 Å². The van der Waals surface area contributed by atoms with Crippen molar-refractivity contribution >= 4 is 11.0 Å². The van der Waals surface area contributed by atoms with E-state index in [9.17, 15) is 9.90 Å². The SMILES string of the molecule is CCCc1cc(=O)oc2cc(O)c(OC)cc12.